The summed E-state index contributed by atoms with van der Waals surface area (Å²) in [5.41, 5.74) is 1.64. The summed E-state index contributed by atoms with van der Waals surface area (Å²) in [5, 5.41) is 4.15. The Kier molecular flexibility index (Phi) is 2.29. The number of nitrogens with zero attached hydrogens (tertiary/aromatic N) is 2. The van der Waals surface area contributed by atoms with Gasteiger partial charge in [-0.25, -0.2) is 0 Å². The van der Waals surface area contributed by atoms with Crippen LogP contribution < -0.4 is 10.2 Å². The van der Waals surface area contributed by atoms with Crippen LogP contribution in [0, 0.1) is 5.92 Å². The fraction of sp³-hybridized carbons (Fsp3) is 0.462. The first kappa shape index (κ1) is 10.6. The number of fused-ring (bicyclic) bond motifs is 2. The third kappa shape index (κ3) is 1.60. The van der Waals surface area contributed by atoms with E-state index in [9.17, 15) is 0 Å². The van der Waals surface area contributed by atoms with Gasteiger partial charge in [0.25, 0.3) is 6.01 Å². The lowest BCUT2D eigenvalue weighted by molar-refractivity contribution is 0.193. The van der Waals surface area contributed by atoms with Gasteiger partial charge in [-0.2, -0.15) is 4.98 Å². The quantitative estimate of drug-likeness (QED) is 0.857. The molecule has 2 saturated heterocycles. The Hall–Kier alpha value is -1.26. The highest BCUT2D eigenvalue weighted by Gasteiger charge is 2.36. The molecule has 0 bridgehead atoms. The molecule has 0 spiro atoms. The molecule has 2 fully saturated rings. The Bertz CT molecular complexity index is 597. The molecule has 1 N–H and O–H groups in total. The number of oxazole rings is 1. The van der Waals surface area contributed by atoms with Gasteiger partial charge in [0, 0.05) is 24.2 Å². The summed E-state index contributed by atoms with van der Waals surface area (Å²) in [6, 6.07) is 6.89. The molecular weight excluding hydrogens is 250 g/mol. The molecule has 1 aromatic heterocycles. The summed E-state index contributed by atoms with van der Waals surface area (Å²) in [6.07, 6.45) is 1.22. The van der Waals surface area contributed by atoms with Gasteiger partial charge in [-0.3, -0.25) is 0 Å². The van der Waals surface area contributed by atoms with E-state index < -0.39 is 0 Å². The molecule has 0 aliphatic carbocycles. The molecule has 1 aromatic carbocycles. The number of hydrogen-bond donors (Lipinski definition) is 1. The molecule has 2 atom stereocenters. The summed E-state index contributed by atoms with van der Waals surface area (Å²) in [6.45, 7) is 3.19. The second-order valence-corrected chi connectivity index (χ2v) is 5.55. The molecule has 2 aromatic rings. The molecule has 94 valence electrons. The maximum Gasteiger partial charge on any atom is 0.298 e. The smallest absolute Gasteiger partial charge is 0.298 e. The monoisotopic (exact) mass is 263 g/mol. The fourth-order valence-corrected chi connectivity index (χ4v) is 2.98. The molecule has 3 heterocycles. The Balaban J connectivity index is 1.65. The largest absolute Gasteiger partial charge is 0.423 e. The lowest BCUT2D eigenvalue weighted by Gasteiger charge is -2.45. The third-order valence-corrected chi connectivity index (χ3v) is 4.24. The number of piperidine rings is 1. The Labute approximate surface area is 110 Å². The summed E-state index contributed by atoms with van der Waals surface area (Å²) in [4.78, 5) is 6.75. The van der Waals surface area contributed by atoms with E-state index in [4.69, 9.17) is 16.0 Å². The maximum absolute atomic E-state index is 5.96. The van der Waals surface area contributed by atoms with Gasteiger partial charge >= 0.3 is 0 Å². The predicted molar refractivity (Wildman–Crippen MR) is 71.1 cm³/mol. The van der Waals surface area contributed by atoms with Crippen molar-refractivity contribution in [1.82, 2.24) is 10.3 Å². The van der Waals surface area contributed by atoms with Gasteiger partial charge in [-0.05, 0) is 37.1 Å². The summed E-state index contributed by atoms with van der Waals surface area (Å²) in [7, 11) is 0. The number of hydrogen-bond acceptors (Lipinski definition) is 4. The van der Waals surface area contributed by atoms with Gasteiger partial charge in [-0.1, -0.05) is 11.6 Å². The minimum Gasteiger partial charge on any atom is -0.423 e. The van der Waals surface area contributed by atoms with Crippen molar-refractivity contribution in [3.05, 3.63) is 23.2 Å². The highest BCUT2D eigenvalue weighted by Crippen LogP contribution is 2.30. The SMILES string of the molecule is Clc1ccc2oc(N3CCC4CNC4C3)nc2c1. The zero-order valence-corrected chi connectivity index (χ0v) is 10.7. The van der Waals surface area contributed by atoms with Crippen molar-refractivity contribution in [3.63, 3.8) is 0 Å². The molecular formula is C13H14ClN3O. The topological polar surface area (TPSA) is 41.3 Å². The zero-order valence-electron chi connectivity index (χ0n) is 9.90. The molecule has 2 aliphatic rings. The summed E-state index contributed by atoms with van der Waals surface area (Å²) < 4.78 is 5.80. The summed E-state index contributed by atoms with van der Waals surface area (Å²) in [5.74, 6) is 0.847. The van der Waals surface area contributed by atoms with Crippen molar-refractivity contribution < 1.29 is 4.42 Å². The predicted octanol–water partition coefficient (Wildman–Crippen LogP) is 2.28. The molecule has 4 rings (SSSR count). The molecule has 2 aliphatic heterocycles. The van der Waals surface area contributed by atoms with Crippen molar-refractivity contribution in [2.24, 2.45) is 5.92 Å². The first-order valence-corrected chi connectivity index (χ1v) is 6.72. The molecule has 4 nitrogen and oxygen atoms in total. The van der Waals surface area contributed by atoms with E-state index >= 15 is 0 Å². The molecule has 2 unspecified atom stereocenters. The fourth-order valence-electron chi connectivity index (χ4n) is 2.82. The van der Waals surface area contributed by atoms with Gasteiger partial charge in [0.15, 0.2) is 5.58 Å². The van der Waals surface area contributed by atoms with Crippen LogP contribution in [0.1, 0.15) is 6.42 Å². The van der Waals surface area contributed by atoms with E-state index in [1.54, 1.807) is 0 Å². The van der Waals surface area contributed by atoms with Crippen molar-refractivity contribution >= 4 is 28.7 Å². The Morgan fingerprint density at radius 2 is 2.39 bits per heavy atom. The number of anilines is 1. The second kappa shape index (κ2) is 3.87. The van der Waals surface area contributed by atoms with Crippen molar-refractivity contribution in [1.29, 1.82) is 0 Å². The van der Waals surface area contributed by atoms with Gasteiger partial charge < -0.3 is 14.6 Å². The zero-order chi connectivity index (χ0) is 12.1. The lowest BCUT2D eigenvalue weighted by atomic mass is 9.85. The third-order valence-electron chi connectivity index (χ3n) is 4.01. The lowest BCUT2D eigenvalue weighted by Crippen LogP contribution is -2.62. The van der Waals surface area contributed by atoms with Crippen LogP contribution in [0.2, 0.25) is 5.02 Å². The molecule has 0 saturated carbocycles. The molecule has 5 heteroatoms. The van der Waals surface area contributed by atoms with E-state index in [0.29, 0.717) is 11.1 Å². The number of halogens is 1. The van der Waals surface area contributed by atoms with Crippen LogP contribution in [-0.2, 0) is 0 Å². The number of aromatic nitrogens is 1. The van der Waals surface area contributed by atoms with Gasteiger partial charge in [-0.15, -0.1) is 0 Å². The van der Waals surface area contributed by atoms with E-state index in [2.05, 4.69) is 15.2 Å². The minimum absolute atomic E-state index is 0.609. The van der Waals surface area contributed by atoms with E-state index in [0.717, 1.165) is 36.1 Å². The first-order valence-electron chi connectivity index (χ1n) is 6.34. The van der Waals surface area contributed by atoms with Crippen LogP contribution in [0.3, 0.4) is 0 Å². The van der Waals surface area contributed by atoms with E-state index in [1.165, 1.54) is 13.0 Å². The van der Waals surface area contributed by atoms with E-state index in [1.807, 2.05) is 18.2 Å². The second-order valence-electron chi connectivity index (χ2n) is 5.12. The number of benzene rings is 1. The van der Waals surface area contributed by atoms with Crippen LogP contribution >= 0.6 is 11.6 Å². The number of rotatable bonds is 1. The average molecular weight is 264 g/mol. The van der Waals surface area contributed by atoms with Gasteiger partial charge in [0.1, 0.15) is 5.52 Å². The Morgan fingerprint density at radius 1 is 1.44 bits per heavy atom. The van der Waals surface area contributed by atoms with E-state index in [-0.39, 0.29) is 0 Å². The maximum atomic E-state index is 5.96. The Morgan fingerprint density at radius 3 is 3.17 bits per heavy atom. The molecule has 18 heavy (non-hydrogen) atoms. The highest BCUT2D eigenvalue weighted by molar-refractivity contribution is 6.31. The van der Waals surface area contributed by atoms with Crippen molar-refractivity contribution in [3.8, 4) is 0 Å². The average Bonchev–Trinajstić information content (AvgIpc) is 2.73. The first-order chi connectivity index (χ1) is 8.79. The molecule has 0 radical (unpaired) electrons. The van der Waals surface area contributed by atoms with Crippen LogP contribution in [-0.4, -0.2) is 30.7 Å². The minimum atomic E-state index is 0.609. The summed E-state index contributed by atoms with van der Waals surface area (Å²) >= 11 is 5.96. The van der Waals surface area contributed by atoms with Crippen LogP contribution in [0.15, 0.2) is 22.6 Å². The number of nitrogens with one attached hydrogen (secondary N) is 1. The standard InChI is InChI=1S/C13H14ClN3O/c14-9-1-2-12-10(5-9)16-13(18-12)17-4-3-8-6-15-11(8)7-17/h1-2,5,8,11,15H,3-4,6-7H2. The van der Waals surface area contributed by atoms with Crippen LogP contribution in [0.25, 0.3) is 11.1 Å². The van der Waals surface area contributed by atoms with Crippen LogP contribution in [0.5, 0.6) is 0 Å². The highest BCUT2D eigenvalue weighted by atomic mass is 35.5. The van der Waals surface area contributed by atoms with Crippen LogP contribution in [0.4, 0.5) is 6.01 Å². The van der Waals surface area contributed by atoms with Crippen molar-refractivity contribution in [2.45, 2.75) is 12.5 Å². The van der Waals surface area contributed by atoms with Gasteiger partial charge in [0.2, 0.25) is 0 Å². The van der Waals surface area contributed by atoms with Gasteiger partial charge in [0.05, 0.1) is 0 Å². The normalized spacial score (nSPS) is 27.1. The molecule has 0 amide bonds. The van der Waals surface area contributed by atoms with Crippen molar-refractivity contribution in [2.75, 3.05) is 24.5 Å².